The van der Waals surface area contributed by atoms with Gasteiger partial charge >= 0.3 is 0 Å². The Bertz CT molecular complexity index is 651. The van der Waals surface area contributed by atoms with Crippen molar-refractivity contribution in [1.29, 1.82) is 0 Å². The number of anilines is 1. The Morgan fingerprint density at radius 1 is 1.41 bits per heavy atom. The highest BCUT2D eigenvalue weighted by atomic mass is 32.2. The lowest BCUT2D eigenvalue weighted by Crippen LogP contribution is -2.16. The molecule has 0 spiro atoms. The number of hydrogen-bond acceptors (Lipinski definition) is 4. The number of para-hydroxylation sites is 1. The zero-order valence-electron chi connectivity index (χ0n) is 13.4. The lowest BCUT2D eigenvalue weighted by Gasteiger charge is -2.16. The highest BCUT2D eigenvalue weighted by molar-refractivity contribution is 7.99. The SMILES string of the molecule is CCc1nc(SCC(=O)Nc2c(C)cccc2C(C)C)n[nH]1. The van der Waals surface area contributed by atoms with Crippen LogP contribution in [0.2, 0.25) is 0 Å². The first-order valence-corrected chi connectivity index (χ1v) is 8.43. The Hall–Kier alpha value is -1.82. The summed E-state index contributed by atoms with van der Waals surface area (Å²) in [5.74, 6) is 1.46. The molecule has 0 aliphatic rings. The summed E-state index contributed by atoms with van der Waals surface area (Å²) in [5.41, 5.74) is 3.16. The van der Waals surface area contributed by atoms with Crippen molar-refractivity contribution < 1.29 is 4.79 Å². The van der Waals surface area contributed by atoms with Crippen molar-refractivity contribution in [2.24, 2.45) is 0 Å². The topological polar surface area (TPSA) is 70.7 Å². The van der Waals surface area contributed by atoms with Gasteiger partial charge in [0, 0.05) is 12.1 Å². The van der Waals surface area contributed by atoms with E-state index in [1.165, 1.54) is 11.8 Å². The summed E-state index contributed by atoms with van der Waals surface area (Å²) in [6.07, 6.45) is 0.806. The van der Waals surface area contributed by atoms with Crippen molar-refractivity contribution in [2.45, 2.75) is 45.2 Å². The predicted octanol–water partition coefficient (Wildman–Crippen LogP) is 3.53. The molecule has 0 atom stereocenters. The molecule has 0 fully saturated rings. The summed E-state index contributed by atoms with van der Waals surface area (Å²) >= 11 is 1.34. The third-order valence-electron chi connectivity index (χ3n) is 3.37. The molecule has 0 aliphatic carbocycles. The van der Waals surface area contributed by atoms with Crippen molar-refractivity contribution in [2.75, 3.05) is 11.1 Å². The number of amides is 1. The van der Waals surface area contributed by atoms with Gasteiger partial charge in [-0.3, -0.25) is 9.89 Å². The molecule has 0 aliphatic heterocycles. The van der Waals surface area contributed by atoms with Gasteiger partial charge in [-0.1, -0.05) is 50.7 Å². The minimum Gasteiger partial charge on any atom is -0.325 e. The van der Waals surface area contributed by atoms with E-state index in [1.54, 1.807) is 0 Å². The normalized spacial score (nSPS) is 11.0. The molecule has 1 aromatic heterocycles. The van der Waals surface area contributed by atoms with E-state index in [1.807, 2.05) is 26.0 Å². The van der Waals surface area contributed by atoms with Gasteiger partial charge in [0.05, 0.1) is 5.75 Å². The maximum Gasteiger partial charge on any atom is 0.234 e. The molecule has 118 valence electrons. The van der Waals surface area contributed by atoms with Gasteiger partial charge in [0.15, 0.2) is 0 Å². The molecule has 1 heterocycles. The monoisotopic (exact) mass is 318 g/mol. The lowest BCUT2D eigenvalue weighted by molar-refractivity contribution is -0.113. The second-order valence-corrected chi connectivity index (χ2v) is 6.39. The van der Waals surface area contributed by atoms with E-state index in [0.717, 1.165) is 29.1 Å². The third kappa shape index (κ3) is 4.10. The van der Waals surface area contributed by atoms with Crippen LogP contribution in [0, 0.1) is 6.92 Å². The second-order valence-electron chi connectivity index (χ2n) is 5.45. The van der Waals surface area contributed by atoms with Crippen molar-refractivity contribution in [3.05, 3.63) is 35.2 Å². The fraction of sp³-hybridized carbons (Fsp3) is 0.438. The lowest BCUT2D eigenvalue weighted by atomic mass is 9.98. The van der Waals surface area contributed by atoms with Crippen LogP contribution in [0.5, 0.6) is 0 Å². The highest BCUT2D eigenvalue weighted by Crippen LogP contribution is 2.27. The van der Waals surface area contributed by atoms with Gasteiger partial charge in [-0.25, -0.2) is 4.98 Å². The van der Waals surface area contributed by atoms with Gasteiger partial charge in [0.25, 0.3) is 0 Å². The molecule has 0 saturated heterocycles. The molecular weight excluding hydrogens is 296 g/mol. The van der Waals surface area contributed by atoms with Crippen LogP contribution in [-0.2, 0) is 11.2 Å². The number of rotatable bonds is 6. The molecule has 2 N–H and O–H groups in total. The molecule has 22 heavy (non-hydrogen) atoms. The molecule has 1 amide bonds. The molecule has 2 rings (SSSR count). The third-order valence-corrected chi connectivity index (χ3v) is 4.22. The van der Waals surface area contributed by atoms with Crippen LogP contribution < -0.4 is 5.32 Å². The summed E-state index contributed by atoms with van der Waals surface area (Å²) < 4.78 is 0. The minimum absolute atomic E-state index is 0.0379. The van der Waals surface area contributed by atoms with Crippen LogP contribution in [0.4, 0.5) is 5.69 Å². The molecule has 1 aromatic carbocycles. The number of hydrogen-bond donors (Lipinski definition) is 2. The zero-order valence-corrected chi connectivity index (χ0v) is 14.3. The first kappa shape index (κ1) is 16.5. The number of carbonyl (C=O) groups is 1. The number of carbonyl (C=O) groups excluding carboxylic acids is 1. The number of aromatic nitrogens is 3. The number of benzene rings is 1. The molecule has 0 bridgehead atoms. The van der Waals surface area contributed by atoms with Crippen LogP contribution >= 0.6 is 11.8 Å². The molecule has 5 nitrogen and oxygen atoms in total. The molecule has 6 heteroatoms. The summed E-state index contributed by atoms with van der Waals surface area (Å²) in [6.45, 7) is 8.27. The van der Waals surface area contributed by atoms with Crippen LogP contribution in [0.3, 0.4) is 0 Å². The van der Waals surface area contributed by atoms with Crippen LogP contribution in [0.25, 0.3) is 0 Å². The van der Waals surface area contributed by atoms with E-state index in [9.17, 15) is 4.79 Å². The van der Waals surface area contributed by atoms with Crippen molar-refractivity contribution in [1.82, 2.24) is 15.2 Å². The highest BCUT2D eigenvalue weighted by Gasteiger charge is 2.13. The van der Waals surface area contributed by atoms with Crippen molar-refractivity contribution >= 4 is 23.4 Å². The van der Waals surface area contributed by atoms with E-state index in [2.05, 4.69) is 40.4 Å². The van der Waals surface area contributed by atoms with Gasteiger partial charge < -0.3 is 5.32 Å². The van der Waals surface area contributed by atoms with Crippen molar-refractivity contribution in [3.63, 3.8) is 0 Å². The average Bonchev–Trinajstić information content (AvgIpc) is 2.95. The average molecular weight is 318 g/mol. The van der Waals surface area contributed by atoms with Gasteiger partial charge in [-0.2, -0.15) is 0 Å². The van der Waals surface area contributed by atoms with Crippen LogP contribution in [-0.4, -0.2) is 26.8 Å². The summed E-state index contributed by atoms with van der Waals surface area (Å²) in [4.78, 5) is 16.5. The Balaban J connectivity index is 2.00. The number of nitrogens with one attached hydrogen (secondary N) is 2. The predicted molar refractivity (Wildman–Crippen MR) is 90.4 cm³/mol. The standard InChI is InChI=1S/C16H22N4OS/c1-5-13-17-16(20-19-13)22-9-14(21)18-15-11(4)7-6-8-12(15)10(2)3/h6-8,10H,5,9H2,1-4H3,(H,18,21)(H,17,19,20). The first-order chi connectivity index (χ1) is 10.5. The van der Waals surface area contributed by atoms with Gasteiger partial charge in [-0.15, -0.1) is 5.10 Å². The minimum atomic E-state index is -0.0379. The molecular formula is C16H22N4OS. The molecule has 0 unspecified atom stereocenters. The van der Waals surface area contributed by atoms with E-state index in [4.69, 9.17) is 0 Å². The first-order valence-electron chi connectivity index (χ1n) is 7.44. The van der Waals surface area contributed by atoms with E-state index in [-0.39, 0.29) is 5.91 Å². The van der Waals surface area contributed by atoms with Gasteiger partial charge in [-0.05, 0) is 24.0 Å². The number of H-pyrrole nitrogens is 1. The fourth-order valence-corrected chi connectivity index (χ4v) is 2.77. The molecule has 0 saturated carbocycles. The molecule has 0 radical (unpaired) electrons. The van der Waals surface area contributed by atoms with Crippen LogP contribution in [0.1, 0.15) is 43.6 Å². The summed E-state index contributed by atoms with van der Waals surface area (Å²) in [7, 11) is 0. The number of aryl methyl sites for hydroxylation is 2. The largest absolute Gasteiger partial charge is 0.325 e. The number of aromatic amines is 1. The number of thioether (sulfide) groups is 1. The van der Waals surface area contributed by atoms with Gasteiger partial charge in [0.2, 0.25) is 11.1 Å². The van der Waals surface area contributed by atoms with Crippen LogP contribution in [0.15, 0.2) is 23.4 Å². The van der Waals surface area contributed by atoms with Gasteiger partial charge in [0.1, 0.15) is 5.82 Å². The van der Waals surface area contributed by atoms with Crippen molar-refractivity contribution in [3.8, 4) is 0 Å². The quantitative estimate of drug-likeness (QED) is 0.799. The summed E-state index contributed by atoms with van der Waals surface area (Å²) in [5, 5.41) is 10.6. The Kier molecular flexibility index (Phi) is 5.60. The smallest absolute Gasteiger partial charge is 0.234 e. The van der Waals surface area contributed by atoms with E-state index < -0.39 is 0 Å². The number of nitrogens with zero attached hydrogens (tertiary/aromatic N) is 2. The maximum atomic E-state index is 12.2. The van der Waals surface area contributed by atoms with E-state index in [0.29, 0.717) is 16.8 Å². The molecule has 2 aromatic rings. The Labute approximate surface area is 135 Å². The maximum absolute atomic E-state index is 12.2. The van der Waals surface area contributed by atoms with E-state index >= 15 is 0 Å². The summed E-state index contributed by atoms with van der Waals surface area (Å²) in [6, 6.07) is 6.09. The Morgan fingerprint density at radius 3 is 2.82 bits per heavy atom. The zero-order chi connectivity index (χ0) is 16.1. The second kappa shape index (κ2) is 7.45. The fourth-order valence-electron chi connectivity index (χ4n) is 2.15. The Morgan fingerprint density at radius 2 is 2.18 bits per heavy atom.